The summed E-state index contributed by atoms with van der Waals surface area (Å²) in [6, 6.07) is 6.72. The fourth-order valence-corrected chi connectivity index (χ4v) is 4.30. The number of benzene rings is 1. The molecular formula is C23H25F3N6O. The first-order chi connectivity index (χ1) is 16.0. The Morgan fingerprint density at radius 1 is 1.15 bits per heavy atom. The van der Waals surface area contributed by atoms with Crippen LogP contribution in [0, 0.1) is 11.7 Å². The van der Waals surface area contributed by atoms with Crippen LogP contribution in [0.5, 0.6) is 0 Å². The molecule has 2 aromatic heterocycles. The number of anilines is 2. The molecule has 7 nitrogen and oxygen atoms in total. The highest BCUT2D eigenvalue weighted by molar-refractivity contribution is 5.88. The number of morpholine rings is 1. The van der Waals surface area contributed by atoms with Gasteiger partial charge in [-0.2, -0.15) is 0 Å². The predicted octanol–water partition coefficient (Wildman–Crippen LogP) is 3.32. The van der Waals surface area contributed by atoms with Gasteiger partial charge in [0.25, 0.3) is 5.92 Å². The SMILES string of the molecule is Fc1cc(-c2cc3nccnc3c(NC[C@@H]3CNCCC3(F)F)n2)ccc1N1CCOCC1. The minimum Gasteiger partial charge on any atom is -0.378 e. The molecule has 1 atom stereocenters. The van der Waals surface area contributed by atoms with Crippen LogP contribution in [0.25, 0.3) is 22.3 Å². The lowest BCUT2D eigenvalue weighted by Gasteiger charge is -2.32. The first-order valence-corrected chi connectivity index (χ1v) is 11.1. The molecule has 2 aliphatic rings. The van der Waals surface area contributed by atoms with Crippen LogP contribution in [-0.4, -0.2) is 66.8 Å². The number of aromatic nitrogens is 3. The fraction of sp³-hybridized carbons (Fsp3) is 0.435. The molecule has 174 valence electrons. The Bertz CT molecular complexity index is 1140. The highest BCUT2D eigenvalue weighted by atomic mass is 19.3. The maximum Gasteiger partial charge on any atom is 0.255 e. The Morgan fingerprint density at radius 3 is 2.76 bits per heavy atom. The van der Waals surface area contributed by atoms with Crippen molar-refractivity contribution in [2.24, 2.45) is 5.92 Å². The number of nitrogens with zero attached hydrogens (tertiary/aromatic N) is 4. The highest BCUT2D eigenvalue weighted by Crippen LogP contribution is 2.32. The molecule has 0 radical (unpaired) electrons. The lowest BCUT2D eigenvalue weighted by Crippen LogP contribution is -2.47. The summed E-state index contributed by atoms with van der Waals surface area (Å²) in [6.45, 7) is 2.96. The molecule has 0 bridgehead atoms. The van der Waals surface area contributed by atoms with Crippen LogP contribution in [0.15, 0.2) is 36.7 Å². The zero-order valence-corrected chi connectivity index (χ0v) is 18.0. The summed E-state index contributed by atoms with van der Waals surface area (Å²) in [5.74, 6) is -3.61. The van der Waals surface area contributed by atoms with Crippen molar-refractivity contribution in [1.82, 2.24) is 20.3 Å². The summed E-state index contributed by atoms with van der Waals surface area (Å²) in [7, 11) is 0. The van der Waals surface area contributed by atoms with Gasteiger partial charge in [0.05, 0.1) is 36.0 Å². The first kappa shape index (κ1) is 21.8. The molecule has 2 aliphatic heterocycles. The van der Waals surface area contributed by atoms with E-state index in [-0.39, 0.29) is 25.3 Å². The van der Waals surface area contributed by atoms with Gasteiger partial charge in [0.2, 0.25) is 0 Å². The molecule has 0 aliphatic carbocycles. The van der Waals surface area contributed by atoms with Gasteiger partial charge in [-0.15, -0.1) is 0 Å². The van der Waals surface area contributed by atoms with E-state index < -0.39 is 11.8 Å². The molecule has 3 aromatic rings. The molecule has 2 N–H and O–H groups in total. The van der Waals surface area contributed by atoms with Crippen molar-refractivity contribution in [2.45, 2.75) is 12.3 Å². The van der Waals surface area contributed by atoms with Gasteiger partial charge in [-0.3, -0.25) is 4.98 Å². The van der Waals surface area contributed by atoms with Crippen molar-refractivity contribution in [3.8, 4) is 11.3 Å². The number of halogens is 3. The standard InChI is InChI=1S/C23H25F3N6O/c24-17-11-15(1-2-20(17)32-7-9-33-10-8-32)18-12-19-21(29-6-5-28-19)22(31-18)30-14-16-13-27-4-3-23(16,25)26/h1-2,5-6,11-12,16,27H,3-4,7-10,13-14H2,(H,30,31)/t16-/m0/s1. The average molecular weight is 458 g/mol. The van der Waals surface area contributed by atoms with Crippen LogP contribution < -0.4 is 15.5 Å². The molecule has 2 fully saturated rings. The van der Waals surface area contributed by atoms with E-state index in [1.807, 2.05) is 4.90 Å². The van der Waals surface area contributed by atoms with E-state index in [1.54, 1.807) is 24.4 Å². The van der Waals surface area contributed by atoms with E-state index in [2.05, 4.69) is 25.6 Å². The topological polar surface area (TPSA) is 75.2 Å². The summed E-state index contributed by atoms with van der Waals surface area (Å²) in [4.78, 5) is 15.2. The second kappa shape index (κ2) is 9.11. The fourth-order valence-electron chi connectivity index (χ4n) is 4.30. The summed E-state index contributed by atoms with van der Waals surface area (Å²) in [5, 5.41) is 6.07. The van der Waals surface area contributed by atoms with Crippen molar-refractivity contribution in [3.63, 3.8) is 0 Å². The molecule has 0 amide bonds. The van der Waals surface area contributed by atoms with E-state index in [0.29, 0.717) is 66.6 Å². The van der Waals surface area contributed by atoms with Gasteiger partial charge in [0.15, 0.2) is 5.82 Å². The van der Waals surface area contributed by atoms with E-state index in [1.165, 1.54) is 12.3 Å². The minimum absolute atomic E-state index is 0.0342. The van der Waals surface area contributed by atoms with E-state index in [0.717, 1.165) is 0 Å². The van der Waals surface area contributed by atoms with Gasteiger partial charge in [-0.1, -0.05) is 6.07 Å². The van der Waals surface area contributed by atoms with Gasteiger partial charge in [-0.05, 0) is 18.2 Å². The number of fused-ring (bicyclic) bond motifs is 1. The summed E-state index contributed by atoms with van der Waals surface area (Å²) >= 11 is 0. The molecule has 0 saturated carbocycles. The average Bonchev–Trinajstić information content (AvgIpc) is 2.83. The Kier molecular flexibility index (Phi) is 6.03. The molecular weight excluding hydrogens is 433 g/mol. The Morgan fingerprint density at radius 2 is 1.97 bits per heavy atom. The molecule has 2 saturated heterocycles. The smallest absolute Gasteiger partial charge is 0.255 e. The zero-order chi connectivity index (χ0) is 22.8. The number of ether oxygens (including phenoxy) is 1. The lowest BCUT2D eigenvalue weighted by molar-refractivity contribution is -0.0728. The third-order valence-electron chi connectivity index (χ3n) is 6.19. The van der Waals surface area contributed by atoms with Gasteiger partial charge in [0, 0.05) is 57.1 Å². The monoisotopic (exact) mass is 458 g/mol. The van der Waals surface area contributed by atoms with Gasteiger partial charge >= 0.3 is 0 Å². The maximum atomic E-state index is 15.0. The number of nitrogens with one attached hydrogen (secondary N) is 2. The van der Waals surface area contributed by atoms with Crippen molar-refractivity contribution >= 4 is 22.5 Å². The third kappa shape index (κ3) is 4.58. The molecule has 5 rings (SSSR count). The Hall–Kier alpha value is -2.98. The van der Waals surface area contributed by atoms with Crippen molar-refractivity contribution in [2.75, 3.05) is 56.2 Å². The van der Waals surface area contributed by atoms with Crippen LogP contribution in [0.3, 0.4) is 0 Å². The van der Waals surface area contributed by atoms with Crippen LogP contribution in [0.4, 0.5) is 24.7 Å². The normalized spacial score (nSPS) is 20.7. The molecule has 1 aromatic carbocycles. The molecule has 0 unspecified atom stereocenters. The maximum absolute atomic E-state index is 15.0. The van der Waals surface area contributed by atoms with Crippen LogP contribution in [-0.2, 0) is 4.74 Å². The number of alkyl halides is 2. The van der Waals surface area contributed by atoms with Crippen molar-refractivity contribution in [1.29, 1.82) is 0 Å². The second-order valence-electron chi connectivity index (χ2n) is 8.34. The second-order valence-corrected chi connectivity index (χ2v) is 8.34. The number of pyridine rings is 1. The molecule has 0 spiro atoms. The Balaban J connectivity index is 1.45. The molecule has 4 heterocycles. The largest absolute Gasteiger partial charge is 0.378 e. The van der Waals surface area contributed by atoms with Gasteiger partial charge in [-0.25, -0.2) is 23.1 Å². The van der Waals surface area contributed by atoms with Crippen molar-refractivity contribution < 1.29 is 17.9 Å². The number of hydrogen-bond acceptors (Lipinski definition) is 7. The van der Waals surface area contributed by atoms with Crippen LogP contribution >= 0.6 is 0 Å². The lowest BCUT2D eigenvalue weighted by atomic mass is 9.95. The van der Waals surface area contributed by atoms with Gasteiger partial charge in [0.1, 0.15) is 11.3 Å². The number of piperidine rings is 1. The number of rotatable bonds is 5. The minimum atomic E-state index is -2.75. The van der Waals surface area contributed by atoms with E-state index >= 15 is 0 Å². The van der Waals surface area contributed by atoms with E-state index in [4.69, 9.17) is 4.74 Å². The highest BCUT2D eigenvalue weighted by Gasteiger charge is 2.41. The summed E-state index contributed by atoms with van der Waals surface area (Å²) < 4.78 is 48.9. The van der Waals surface area contributed by atoms with Crippen LogP contribution in [0.2, 0.25) is 0 Å². The first-order valence-electron chi connectivity index (χ1n) is 11.1. The number of hydrogen-bond donors (Lipinski definition) is 2. The van der Waals surface area contributed by atoms with Gasteiger partial charge < -0.3 is 20.3 Å². The van der Waals surface area contributed by atoms with Crippen molar-refractivity contribution in [3.05, 3.63) is 42.5 Å². The molecule has 33 heavy (non-hydrogen) atoms. The summed E-state index contributed by atoms with van der Waals surface area (Å²) in [6.07, 6.45) is 2.89. The third-order valence-corrected chi connectivity index (χ3v) is 6.19. The quantitative estimate of drug-likeness (QED) is 0.608. The van der Waals surface area contributed by atoms with Crippen LogP contribution in [0.1, 0.15) is 6.42 Å². The van der Waals surface area contributed by atoms with E-state index in [9.17, 15) is 13.2 Å². The predicted molar refractivity (Wildman–Crippen MR) is 120 cm³/mol. The Labute approximate surface area is 189 Å². The molecule has 10 heteroatoms. The summed E-state index contributed by atoms with van der Waals surface area (Å²) in [5.41, 5.74) is 2.62. The zero-order valence-electron chi connectivity index (χ0n) is 18.0.